The van der Waals surface area contributed by atoms with Gasteiger partial charge in [-0.2, -0.15) is 0 Å². The van der Waals surface area contributed by atoms with Crippen LogP contribution in [0.15, 0.2) is 59.2 Å². The van der Waals surface area contributed by atoms with Crippen molar-refractivity contribution in [2.24, 2.45) is 17.8 Å². The van der Waals surface area contributed by atoms with Crippen molar-refractivity contribution in [2.45, 2.75) is 58.0 Å². The van der Waals surface area contributed by atoms with E-state index in [1.54, 1.807) is 0 Å². The third kappa shape index (κ3) is 3.07. The Morgan fingerprint density at radius 1 is 0.968 bits per heavy atom. The van der Waals surface area contributed by atoms with Crippen LogP contribution >= 0.6 is 0 Å². The summed E-state index contributed by atoms with van der Waals surface area (Å²) in [5.74, 6) is 1.64. The van der Waals surface area contributed by atoms with Gasteiger partial charge in [-0.3, -0.25) is 0 Å². The van der Waals surface area contributed by atoms with Crippen LogP contribution in [0.4, 0.5) is 0 Å². The molecule has 2 aromatic rings. The fraction of sp³-hybridized carbons (Fsp3) is 0.448. The van der Waals surface area contributed by atoms with Crippen LogP contribution < -0.4 is 0 Å². The van der Waals surface area contributed by atoms with E-state index in [-0.39, 0.29) is 19.1 Å². The summed E-state index contributed by atoms with van der Waals surface area (Å²) in [6.07, 6.45) is 14.0. The Balaban J connectivity index is 1.73. The Labute approximate surface area is 185 Å². The van der Waals surface area contributed by atoms with E-state index in [0.29, 0.717) is 11.8 Å². The zero-order valence-electron chi connectivity index (χ0n) is 18.2. The summed E-state index contributed by atoms with van der Waals surface area (Å²) in [6, 6.07) is 10.9. The number of hydrogen-bond donors (Lipinski definition) is 2. The minimum Gasteiger partial charge on any atom is -0.396 e. The second-order valence-corrected chi connectivity index (χ2v) is 10.1. The van der Waals surface area contributed by atoms with Crippen molar-refractivity contribution < 1.29 is 10.2 Å². The second kappa shape index (κ2) is 7.76. The van der Waals surface area contributed by atoms with E-state index in [1.807, 2.05) is 0 Å². The number of fused-ring (bicyclic) bond motifs is 6. The van der Waals surface area contributed by atoms with E-state index in [4.69, 9.17) is 0 Å². The van der Waals surface area contributed by atoms with Crippen molar-refractivity contribution in [1.29, 1.82) is 0 Å². The van der Waals surface area contributed by atoms with Crippen LogP contribution in [0.3, 0.4) is 0 Å². The quantitative estimate of drug-likeness (QED) is 0.625. The molecule has 4 aliphatic rings. The summed E-state index contributed by atoms with van der Waals surface area (Å²) in [6.45, 7) is 0.335. The predicted octanol–water partition coefficient (Wildman–Crippen LogP) is 6.11. The molecule has 0 bridgehead atoms. The first-order valence-corrected chi connectivity index (χ1v) is 12.2. The summed E-state index contributed by atoms with van der Waals surface area (Å²) in [7, 11) is 0. The van der Waals surface area contributed by atoms with Crippen LogP contribution in [0.25, 0.3) is 16.3 Å². The molecule has 6 rings (SSSR count). The van der Waals surface area contributed by atoms with Crippen molar-refractivity contribution in [3.8, 4) is 0 Å². The molecule has 0 heterocycles. The summed E-state index contributed by atoms with van der Waals surface area (Å²) >= 11 is 0. The Morgan fingerprint density at radius 3 is 2.65 bits per heavy atom. The van der Waals surface area contributed by atoms with Crippen molar-refractivity contribution in [3.63, 3.8) is 0 Å². The number of aliphatic hydroxyl groups excluding tert-OH is 2. The molecule has 2 nitrogen and oxygen atoms in total. The average molecular weight is 413 g/mol. The van der Waals surface area contributed by atoms with Crippen molar-refractivity contribution in [2.75, 3.05) is 6.61 Å². The van der Waals surface area contributed by atoms with Crippen molar-refractivity contribution >= 4 is 16.3 Å². The Hall–Kier alpha value is -2.16. The predicted molar refractivity (Wildman–Crippen MR) is 127 cm³/mol. The Bertz CT molecular complexity index is 1130. The number of rotatable bonds is 2. The molecule has 31 heavy (non-hydrogen) atoms. The smallest absolute Gasteiger partial charge is 0.0684 e. The number of benzene rings is 2. The fourth-order valence-electron chi connectivity index (χ4n) is 7.02. The molecule has 0 spiro atoms. The molecule has 2 aromatic carbocycles. The molecular formula is C29H32O2. The maximum atomic E-state index is 10.5. The molecule has 1 fully saturated rings. The SMILES string of the molecule is OCc1cc2ccccc2c2c1CC1CCC[C@@H]1CC1=C2C2=C(CCC=C2)C[C@@H]1CO. The number of hydrogen-bond acceptors (Lipinski definition) is 2. The van der Waals surface area contributed by atoms with Gasteiger partial charge in [0.15, 0.2) is 0 Å². The van der Waals surface area contributed by atoms with Gasteiger partial charge in [0.1, 0.15) is 0 Å². The monoisotopic (exact) mass is 412 g/mol. The van der Waals surface area contributed by atoms with Gasteiger partial charge in [0.05, 0.1) is 6.61 Å². The van der Waals surface area contributed by atoms with Crippen molar-refractivity contribution in [3.05, 3.63) is 75.9 Å². The van der Waals surface area contributed by atoms with Crippen LogP contribution in [0.2, 0.25) is 0 Å². The second-order valence-electron chi connectivity index (χ2n) is 10.1. The zero-order valence-corrected chi connectivity index (χ0v) is 18.2. The molecule has 0 saturated heterocycles. The molecule has 4 aliphatic carbocycles. The lowest BCUT2D eigenvalue weighted by atomic mass is 9.67. The van der Waals surface area contributed by atoms with E-state index < -0.39 is 0 Å². The van der Waals surface area contributed by atoms with E-state index >= 15 is 0 Å². The minimum atomic E-state index is 0.0956. The fourth-order valence-corrected chi connectivity index (χ4v) is 7.02. The number of aliphatic hydroxyl groups is 2. The third-order valence-electron chi connectivity index (χ3n) is 8.51. The Morgan fingerprint density at radius 2 is 1.81 bits per heavy atom. The highest BCUT2D eigenvalue weighted by Crippen LogP contribution is 2.52. The standard InChI is InChI=1S/C29H32O2/c30-16-22-12-20-6-1-3-10-24(20)28-26(22)14-18-8-5-9-19(18)15-27-23(17-31)13-21-7-2-4-11-25(21)29(27)28/h1,3-4,6,10-12,18-19,23,30-31H,2,5,7-9,13-17H2/t18?,19-,23-/m1/s1. The van der Waals surface area contributed by atoms with Gasteiger partial charge in [-0.15, -0.1) is 0 Å². The number of allylic oxidation sites excluding steroid dienone is 5. The first kappa shape index (κ1) is 19.5. The summed E-state index contributed by atoms with van der Waals surface area (Å²) < 4.78 is 0. The van der Waals surface area contributed by atoms with E-state index in [9.17, 15) is 10.2 Å². The lowest BCUT2D eigenvalue weighted by molar-refractivity contribution is 0.235. The molecule has 0 aromatic heterocycles. The summed E-state index contributed by atoms with van der Waals surface area (Å²) in [5, 5.41) is 23.4. The topological polar surface area (TPSA) is 40.5 Å². The molecule has 2 N–H and O–H groups in total. The maximum absolute atomic E-state index is 10.5. The van der Waals surface area contributed by atoms with Crippen molar-refractivity contribution in [1.82, 2.24) is 0 Å². The first-order chi connectivity index (χ1) is 15.3. The van der Waals surface area contributed by atoms with Gasteiger partial charge in [-0.05, 0) is 101 Å². The summed E-state index contributed by atoms with van der Waals surface area (Å²) in [4.78, 5) is 0. The molecule has 1 unspecified atom stereocenters. The molecule has 160 valence electrons. The molecule has 0 aliphatic heterocycles. The van der Waals surface area contributed by atoms with E-state index in [2.05, 4.69) is 42.5 Å². The van der Waals surface area contributed by atoms with Gasteiger partial charge < -0.3 is 10.2 Å². The van der Waals surface area contributed by atoms with Crippen LogP contribution in [0.5, 0.6) is 0 Å². The van der Waals surface area contributed by atoms with Crippen LogP contribution in [0, 0.1) is 17.8 Å². The van der Waals surface area contributed by atoms with Gasteiger partial charge in [-0.25, -0.2) is 0 Å². The van der Waals surface area contributed by atoms with Crippen LogP contribution in [0.1, 0.15) is 61.6 Å². The lowest BCUT2D eigenvalue weighted by Crippen LogP contribution is -2.25. The first-order valence-electron chi connectivity index (χ1n) is 12.2. The summed E-state index contributed by atoms with van der Waals surface area (Å²) in [5.41, 5.74) is 9.67. The molecular weight excluding hydrogens is 380 g/mol. The largest absolute Gasteiger partial charge is 0.396 e. The highest BCUT2D eigenvalue weighted by molar-refractivity contribution is 6.02. The molecule has 2 heteroatoms. The van der Waals surface area contributed by atoms with E-state index in [0.717, 1.165) is 37.7 Å². The maximum Gasteiger partial charge on any atom is 0.0684 e. The van der Waals surface area contributed by atoms with Crippen LogP contribution in [-0.2, 0) is 13.0 Å². The highest BCUT2D eigenvalue weighted by atomic mass is 16.3. The molecule has 3 atom stereocenters. The van der Waals surface area contributed by atoms with Gasteiger partial charge in [0.25, 0.3) is 0 Å². The molecule has 0 amide bonds. The van der Waals surface area contributed by atoms with Gasteiger partial charge in [0, 0.05) is 12.5 Å². The molecule has 0 radical (unpaired) electrons. The normalized spacial score (nSPS) is 27.5. The van der Waals surface area contributed by atoms with Gasteiger partial charge >= 0.3 is 0 Å². The minimum absolute atomic E-state index is 0.0956. The zero-order chi connectivity index (χ0) is 20.9. The van der Waals surface area contributed by atoms with Gasteiger partial charge in [0.2, 0.25) is 0 Å². The highest BCUT2D eigenvalue weighted by Gasteiger charge is 2.38. The van der Waals surface area contributed by atoms with E-state index in [1.165, 1.54) is 63.5 Å². The molecule has 1 saturated carbocycles. The Kier molecular flexibility index (Phi) is 4.89. The van der Waals surface area contributed by atoms with Gasteiger partial charge in [-0.1, -0.05) is 54.0 Å². The average Bonchev–Trinajstić information content (AvgIpc) is 3.23. The lowest BCUT2D eigenvalue weighted by Gasteiger charge is -2.38. The third-order valence-corrected chi connectivity index (χ3v) is 8.51. The van der Waals surface area contributed by atoms with Crippen LogP contribution in [-0.4, -0.2) is 16.8 Å².